The fourth-order valence-corrected chi connectivity index (χ4v) is 2.51. The predicted octanol–water partition coefficient (Wildman–Crippen LogP) is 3.86. The third kappa shape index (κ3) is 3.20. The molecular formula is C15H17ClN2O2. The van der Waals surface area contributed by atoms with Crippen LogP contribution < -0.4 is 5.32 Å². The number of aliphatic carboxylic acids is 1. The molecule has 0 saturated heterocycles. The largest absolute Gasteiger partial charge is 0.481 e. The smallest absolute Gasteiger partial charge is 0.303 e. The van der Waals surface area contributed by atoms with Crippen LogP contribution in [0.5, 0.6) is 0 Å². The van der Waals surface area contributed by atoms with E-state index in [1.54, 1.807) is 6.20 Å². The van der Waals surface area contributed by atoms with Gasteiger partial charge >= 0.3 is 5.97 Å². The Morgan fingerprint density at radius 2 is 2.30 bits per heavy atom. The molecule has 20 heavy (non-hydrogen) atoms. The maximum absolute atomic E-state index is 10.6. The first-order valence-electron chi connectivity index (χ1n) is 6.51. The second-order valence-electron chi connectivity index (χ2n) is 4.93. The van der Waals surface area contributed by atoms with Gasteiger partial charge in [-0.2, -0.15) is 0 Å². The van der Waals surface area contributed by atoms with Gasteiger partial charge < -0.3 is 10.4 Å². The fourth-order valence-electron chi connectivity index (χ4n) is 2.19. The zero-order valence-corrected chi connectivity index (χ0v) is 12.2. The molecule has 106 valence electrons. The number of rotatable bonds is 5. The minimum Gasteiger partial charge on any atom is -0.481 e. The molecule has 0 aliphatic rings. The first-order chi connectivity index (χ1) is 9.49. The topological polar surface area (TPSA) is 62.2 Å². The van der Waals surface area contributed by atoms with E-state index >= 15 is 0 Å². The van der Waals surface area contributed by atoms with Gasteiger partial charge in [-0.05, 0) is 44.0 Å². The van der Waals surface area contributed by atoms with Crippen molar-refractivity contribution in [3.63, 3.8) is 0 Å². The lowest BCUT2D eigenvalue weighted by molar-refractivity contribution is -0.137. The lowest BCUT2D eigenvalue weighted by Crippen LogP contribution is -2.17. The minimum absolute atomic E-state index is 0.0229. The standard InChI is InChI=1S/C15H17ClN2O2/c1-9-8-12(16)15(11-4-3-7-17-14(9)11)18-10(2)5-6-13(19)20/h3-4,7-8,10,18H,5-6H2,1-2H3,(H,19,20). The zero-order chi connectivity index (χ0) is 14.7. The molecular weight excluding hydrogens is 276 g/mol. The molecule has 0 amide bonds. The van der Waals surface area contributed by atoms with Gasteiger partial charge in [0.15, 0.2) is 0 Å². The summed E-state index contributed by atoms with van der Waals surface area (Å²) in [5.41, 5.74) is 2.75. The summed E-state index contributed by atoms with van der Waals surface area (Å²) in [4.78, 5) is 15.0. The number of halogens is 1. The van der Waals surface area contributed by atoms with E-state index < -0.39 is 5.97 Å². The third-order valence-electron chi connectivity index (χ3n) is 3.21. The summed E-state index contributed by atoms with van der Waals surface area (Å²) < 4.78 is 0. The van der Waals surface area contributed by atoms with E-state index in [1.165, 1.54) is 0 Å². The minimum atomic E-state index is -0.792. The number of nitrogens with one attached hydrogen (secondary N) is 1. The Morgan fingerprint density at radius 3 is 3.00 bits per heavy atom. The van der Waals surface area contributed by atoms with Crippen LogP contribution in [0.1, 0.15) is 25.3 Å². The highest BCUT2D eigenvalue weighted by molar-refractivity contribution is 6.35. The Morgan fingerprint density at radius 1 is 1.55 bits per heavy atom. The Labute approximate surface area is 122 Å². The maximum Gasteiger partial charge on any atom is 0.303 e. The summed E-state index contributed by atoms with van der Waals surface area (Å²) in [6, 6.07) is 5.73. The van der Waals surface area contributed by atoms with Gasteiger partial charge in [-0.1, -0.05) is 11.6 Å². The molecule has 2 rings (SSSR count). The Kier molecular flexibility index (Phi) is 4.45. The van der Waals surface area contributed by atoms with E-state index in [4.69, 9.17) is 16.7 Å². The third-order valence-corrected chi connectivity index (χ3v) is 3.51. The number of nitrogens with zero attached hydrogens (tertiary/aromatic N) is 1. The zero-order valence-electron chi connectivity index (χ0n) is 11.5. The van der Waals surface area contributed by atoms with E-state index in [-0.39, 0.29) is 12.5 Å². The molecule has 1 atom stereocenters. The first kappa shape index (κ1) is 14.6. The Bertz CT molecular complexity index is 643. The van der Waals surface area contributed by atoms with Crippen LogP contribution in [0.2, 0.25) is 5.02 Å². The Hall–Kier alpha value is -1.81. The highest BCUT2D eigenvalue weighted by Gasteiger charge is 2.12. The highest BCUT2D eigenvalue weighted by atomic mass is 35.5. The number of benzene rings is 1. The fraction of sp³-hybridized carbons (Fsp3) is 0.333. The second kappa shape index (κ2) is 6.09. The van der Waals surface area contributed by atoms with Crippen LogP contribution in [0.4, 0.5) is 5.69 Å². The molecule has 0 aliphatic carbocycles. The second-order valence-corrected chi connectivity index (χ2v) is 5.33. The number of anilines is 1. The molecule has 2 aromatic rings. The Balaban J connectivity index is 2.32. The number of pyridine rings is 1. The summed E-state index contributed by atoms with van der Waals surface area (Å²) in [5, 5.41) is 13.6. The summed E-state index contributed by atoms with van der Waals surface area (Å²) in [5.74, 6) is -0.792. The number of aryl methyl sites for hydroxylation is 1. The van der Waals surface area contributed by atoms with Gasteiger partial charge in [-0.3, -0.25) is 9.78 Å². The van der Waals surface area contributed by atoms with E-state index in [0.717, 1.165) is 22.2 Å². The van der Waals surface area contributed by atoms with Gasteiger partial charge in [0.05, 0.1) is 16.2 Å². The van der Waals surface area contributed by atoms with Gasteiger partial charge in [0.2, 0.25) is 0 Å². The molecule has 0 saturated carbocycles. The molecule has 1 unspecified atom stereocenters. The molecule has 0 fully saturated rings. The number of carboxylic acid groups (broad SMARTS) is 1. The van der Waals surface area contributed by atoms with Crippen LogP contribution in [0.25, 0.3) is 10.9 Å². The van der Waals surface area contributed by atoms with Crippen molar-refractivity contribution in [3.05, 3.63) is 35.0 Å². The molecule has 1 aromatic carbocycles. The van der Waals surface area contributed by atoms with E-state index in [1.807, 2.05) is 32.0 Å². The number of fused-ring (bicyclic) bond motifs is 1. The van der Waals surface area contributed by atoms with Crippen molar-refractivity contribution in [2.75, 3.05) is 5.32 Å². The van der Waals surface area contributed by atoms with Gasteiger partial charge in [0.1, 0.15) is 0 Å². The summed E-state index contributed by atoms with van der Waals surface area (Å²) in [6.07, 6.45) is 2.43. The molecule has 0 aliphatic heterocycles. The quantitative estimate of drug-likeness (QED) is 0.878. The van der Waals surface area contributed by atoms with E-state index in [9.17, 15) is 4.79 Å². The SMILES string of the molecule is Cc1cc(Cl)c(NC(C)CCC(=O)O)c2cccnc12. The van der Waals surface area contributed by atoms with Gasteiger partial charge in [0, 0.05) is 24.0 Å². The average Bonchev–Trinajstić information content (AvgIpc) is 2.41. The van der Waals surface area contributed by atoms with Gasteiger partial charge in [0.25, 0.3) is 0 Å². The maximum atomic E-state index is 10.6. The van der Waals surface area contributed by atoms with Crippen LogP contribution in [-0.2, 0) is 4.79 Å². The van der Waals surface area contributed by atoms with Gasteiger partial charge in [-0.25, -0.2) is 0 Å². The van der Waals surface area contributed by atoms with Gasteiger partial charge in [-0.15, -0.1) is 0 Å². The molecule has 2 N–H and O–H groups in total. The lowest BCUT2D eigenvalue weighted by atomic mass is 10.1. The predicted molar refractivity (Wildman–Crippen MR) is 81.4 cm³/mol. The molecule has 5 heteroatoms. The van der Waals surface area contributed by atoms with E-state index in [0.29, 0.717) is 11.4 Å². The summed E-state index contributed by atoms with van der Waals surface area (Å²) >= 11 is 6.31. The van der Waals surface area contributed by atoms with Crippen LogP contribution in [-0.4, -0.2) is 22.1 Å². The average molecular weight is 293 g/mol. The van der Waals surface area contributed by atoms with Crippen molar-refractivity contribution in [3.8, 4) is 0 Å². The molecule has 0 radical (unpaired) electrons. The highest BCUT2D eigenvalue weighted by Crippen LogP contribution is 2.33. The van der Waals surface area contributed by atoms with Crippen molar-refractivity contribution >= 4 is 34.2 Å². The molecule has 1 aromatic heterocycles. The molecule has 4 nitrogen and oxygen atoms in total. The monoisotopic (exact) mass is 292 g/mol. The van der Waals surface area contributed by atoms with E-state index in [2.05, 4.69) is 10.3 Å². The van der Waals surface area contributed by atoms with Crippen LogP contribution >= 0.6 is 11.6 Å². The summed E-state index contributed by atoms with van der Waals surface area (Å²) in [7, 11) is 0. The number of aromatic nitrogens is 1. The van der Waals surface area contributed by atoms with Crippen molar-refractivity contribution in [1.82, 2.24) is 4.98 Å². The number of carboxylic acids is 1. The van der Waals surface area contributed by atoms with Crippen LogP contribution in [0, 0.1) is 6.92 Å². The number of carbonyl (C=O) groups is 1. The van der Waals surface area contributed by atoms with Crippen LogP contribution in [0.15, 0.2) is 24.4 Å². The summed E-state index contributed by atoms with van der Waals surface area (Å²) in [6.45, 7) is 3.92. The first-order valence-corrected chi connectivity index (χ1v) is 6.89. The number of hydrogen-bond donors (Lipinski definition) is 2. The molecule has 0 bridgehead atoms. The molecule has 1 heterocycles. The molecule has 0 spiro atoms. The van der Waals surface area contributed by atoms with Crippen molar-refractivity contribution in [2.45, 2.75) is 32.7 Å². The number of hydrogen-bond acceptors (Lipinski definition) is 3. The van der Waals surface area contributed by atoms with Crippen LogP contribution in [0.3, 0.4) is 0 Å². The van der Waals surface area contributed by atoms with Crippen molar-refractivity contribution < 1.29 is 9.90 Å². The van der Waals surface area contributed by atoms with Crippen molar-refractivity contribution in [1.29, 1.82) is 0 Å². The lowest BCUT2D eigenvalue weighted by Gasteiger charge is -2.18. The van der Waals surface area contributed by atoms with Crippen molar-refractivity contribution in [2.24, 2.45) is 0 Å². The normalized spacial score (nSPS) is 12.3.